The van der Waals surface area contributed by atoms with Crippen molar-refractivity contribution in [3.05, 3.63) is 30.0 Å². The molecule has 1 aromatic heterocycles. The maximum absolute atomic E-state index is 12.7. The fraction of sp³-hybridized carbons (Fsp3) is 0.524. The van der Waals surface area contributed by atoms with Crippen molar-refractivity contribution in [2.75, 3.05) is 33.3 Å². The Hall–Kier alpha value is -2.50. The van der Waals surface area contributed by atoms with Gasteiger partial charge < -0.3 is 19.0 Å². The number of amides is 2. The quantitative estimate of drug-likeness (QED) is 0.830. The van der Waals surface area contributed by atoms with Gasteiger partial charge in [0, 0.05) is 49.1 Å². The van der Waals surface area contributed by atoms with E-state index in [0.29, 0.717) is 19.5 Å². The Bertz CT molecular complexity index is 830. The predicted octanol–water partition coefficient (Wildman–Crippen LogP) is 2.84. The fourth-order valence-corrected chi connectivity index (χ4v) is 4.17. The van der Waals surface area contributed by atoms with Crippen LogP contribution in [-0.2, 0) is 16.0 Å². The SMILES string of the molecule is COc1ccc2c(CC(=O)N3CCC(C(=O)N4CCCC4)CC3)coc2c1. The summed E-state index contributed by atoms with van der Waals surface area (Å²) in [5.74, 6) is 1.20. The van der Waals surface area contributed by atoms with E-state index in [0.717, 1.165) is 61.1 Å². The van der Waals surface area contributed by atoms with Crippen LogP contribution >= 0.6 is 0 Å². The van der Waals surface area contributed by atoms with Gasteiger partial charge in [-0.25, -0.2) is 0 Å². The molecule has 6 heteroatoms. The standard InChI is InChI=1S/C21H26N2O4/c1-26-17-4-5-18-16(14-27-19(18)13-17)12-20(24)22-10-6-15(7-11-22)21(25)23-8-2-3-9-23/h4-5,13-15H,2-3,6-12H2,1H3. The average molecular weight is 370 g/mol. The van der Waals surface area contributed by atoms with E-state index >= 15 is 0 Å². The molecule has 144 valence electrons. The second-order valence-electron chi connectivity index (χ2n) is 7.49. The molecule has 0 bridgehead atoms. The molecule has 0 radical (unpaired) electrons. The van der Waals surface area contributed by atoms with E-state index in [1.807, 2.05) is 28.0 Å². The van der Waals surface area contributed by atoms with Crippen LogP contribution in [0.25, 0.3) is 11.0 Å². The summed E-state index contributed by atoms with van der Waals surface area (Å²) in [7, 11) is 1.62. The highest BCUT2D eigenvalue weighted by Crippen LogP contribution is 2.27. The summed E-state index contributed by atoms with van der Waals surface area (Å²) in [4.78, 5) is 29.1. The van der Waals surface area contributed by atoms with Gasteiger partial charge in [0.05, 0.1) is 19.8 Å². The molecule has 2 aliphatic heterocycles. The molecule has 1 aromatic carbocycles. The monoisotopic (exact) mass is 370 g/mol. The predicted molar refractivity (Wildman–Crippen MR) is 102 cm³/mol. The molecular formula is C21H26N2O4. The topological polar surface area (TPSA) is 63.0 Å². The van der Waals surface area contributed by atoms with Gasteiger partial charge in [-0.3, -0.25) is 9.59 Å². The maximum Gasteiger partial charge on any atom is 0.227 e. The second kappa shape index (κ2) is 7.62. The minimum Gasteiger partial charge on any atom is -0.497 e. The first-order valence-corrected chi connectivity index (χ1v) is 9.76. The second-order valence-corrected chi connectivity index (χ2v) is 7.49. The molecule has 4 rings (SSSR count). The van der Waals surface area contributed by atoms with E-state index < -0.39 is 0 Å². The molecule has 0 unspecified atom stereocenters. The van der Waals surface area contributed by atoms with Crippen molar-refractivity contribution < 1.29 is 18.7 Å². The lowest BCUT2D eigenvalue weighted by Gasteiger charge is -2.33. The molecular weight excluding hydrogens is 344 g/mol. The van der Waals surface area contributed by atoms with E-state index in [9.17, 15) is 9.59 Å². The molecule has 2 aromatic rings. The van der Waals surface area contributed by atoms with Crippen LogP contribution in [-0.4, -0.2) is 54.9 Å². The number of fused-ring (bicyclic) bond motifs is 1. The lowest BCUT2D eigenvalue weighted by atomic mass is 9.95. The third-order valence-corrected chi connectivity index (χ3v) is 5.82. The highest BCUT2D eigenvalue weighted by molar-refractivity contribution is 5.88. The molecule has 0 aliphatic carbocycles. The first-order valence-electron chi connectivity index (χ1n) is 9.76. The van der Waals surface area contributed by atoms with Crippen LogP contribution in [0, 0.1) is 5.92 Å². The minimum absolute atomic E-state index is 0.0781. The number of piperidine rings is 1. The zero-order valence-corrected chi connectivity index (χ0v) is 15.8. The van der Waals surface area contributed by atoms with Crippen LogP contribution in [0.5, 0.6) is 5.75 Å². The summed E-state index contributed by atoms with van der Waals surface area (Å²) < 4.78 is 10.8. The Balaban J connectivity index is 1.35. The van der Waals surface area contributed by atoms with Crippen LogP contribution in [0.2, 0.25) is 0 Å². The number of furan rings is 1. The van der Waals surface area contributed by atoms with Crippen LogP contribution in [0.3, 0.4) is 0 Å². The van der Waals surface area contributed by atoms with Crippen LogP contribution in [0.15, 0.2) is 28.9 Å². The summed E-state index contributed by atoms with van der Waals surface area (Å²) in [6.45, 7) is 3.12. The van der Waals surface area contributed by atoms with Crippen molar-refractivity contribution >= 4 is 22.8 Å². The molecule has 0 N–H and O–H groups in total. The zero-order chi connectivity index (χ0) is 18.8. The Morgan fingerprint density at radius 2 is 1.85 bits per heavy atom. The summed E-state index contributed by atoms with van der Waals surface area (Å²) in [6.07, 6.45) is 5.76. The molecule has 2 fully saturated rings. The van der Waals surface area contributed by atoms with E-state index in [-0.39, 0.29) is 17.7 Å². The van der Waals surface area contributed by atoms with Crippen molar-refractivity contribution in [1.29, 1.82) is 0 Å². The molecule has 2 amide bonds. The molecule has 2 saturated heterocycles. The Labute approximate surface area is 159 Å². The number of hydrogen-bond acceptors (Lipinski definition) is 4. The third kappa shape index (κ3) is 3.66. The lowest BCUT2D eigenvalue weighted by molar-refractivity contribution is -0.139. The molecule has 0 saturated carbocycles. The van der Waals surface area contributed by atoms with Gasteiger partial charge in [0.25, 0.3) is 0 Å². The number of methoxy groups -OCH3 is 1. The summed E-state index contributed by atoms with van der Waals surface area (Å²) in [6, 6.07) is 5.64. The van der Waals surface area contributed by atoms with Crippen molar-refractivity contribution in [3.63, 3.8) is 0 Å². The fourth-order valence-electron chi connectivity index (χ4n) is 4.17. The van der Waals surface area contributed by atoms with Crippen molar-refractivity contribution in [3.8, 4) is 5.75 Å². The number of carbonyl (C=O) groups is 2. The number of nitrogens with zero attached hydrogens (tertiary/aromatic N) is 2. The van der Waals surface area contributed by atoms with Crippen molar-refractivity contribution in [2.45, 2.75) is 32.1 Å². The largest absolute Gasteiger partial charge is 0.497 e. The first kappa shape index (κ1) is 17.9. The molecule has 27 heavy (non-hydrogen) atoms. The number of likely N-dealkylation sites (tertiary alicyclic amines) is 2. The van der Waals surface area contributed by atoms with Gasteiger partial charge in [-0.05, 0) is 37.8 Å². The van der Waals surface area contributed by atoms with E-state index in [4.69, 9.17) is 9.15 Å². The number of benzene rings is 1. The average Bonchev–Trinajstić information content (AvgIpc) is 3.37. The summed E-state index contributed by atoms with van der Waals surface area (Å²) in [5, 5.41) is 0.947. The lowest BCUT2D eigenvalue weighted by Crippen LogP contribution is -2.44. The Morgan fingerprint density at radius 3 is 2.56 bits per heavy atom. The van der Waals surface area contributed by atoms with Crippen LogP contribution < -0.4 is 4.74 Å². The minimum atomic E-state index is 0.0781. The van der Waals surface area contributed by atoms with E-state index in [2.05, 4.69) is 0 Å². The van der Waals surface area contributed by atoms with Gasteiger partial charge >= 0.3 is 0 Å². The molecule has 3 heterocycles. The normalized spacial score (nSPS) is 18.3. The van der Waals surface area contributed by atoms with Gasteiger partial charge in [0.15, 0.2) is 0 Å². The molecule has 6 nitrogen and oxygen atoms in total. The van der Waals surface area contributed by atoms with Gasteiger partial charge in [0.1, 0.15) is 11.3 Å². The molecule has 0 spiro atoms. The highest BCUT2D eigenvalue weighted by atomic mass is 16.5. The van der Waals surface area contributed by atoms with E-state index in [1.165, 1.54) is 0 Å². The zero-order valence-electron chi connectivity index (χ0n) is 15.8. The number of rotatable bonds is 4. The Kier molecular flexibility index (Phi) is 5.05. The smallest absolute Gasteiger partial charge is 0.227 e. The molecule has 0 atom stereocenters. The van der Waals surface area contributed by atoms with Gasteiger partial charge in [-0.15, -0.1) is 0 Å². The summed E-state index contributed by atoms with van der Waals surface area (Å²) in [5.41, 5.74) is 1.62. The third-order valence-electron chi connectivity index (χ3n) is 5.82. The first-order chi connectivity index (χ1) is 13.2. The number of hydrogen-bond donors (Lipinski definition) is 0. The van der Waals surface area contributed by atoms with Gasteiger partial charge in [-0.1, -0.05) is 0 Å². The number of ether oxygens (including phenoxy) is 1. The number of carbonyl (C=O) groups excluding carboxylic acids is 2. The summed E-state index contributed by atoms with van der Waals surface area (Å²) >= 11 is 0. The van der Waals surface area contributed by atoms with Crippen LogP contribution in [0.4, 0.5) is 0 Å². The van der Waals surface area contributed by atoms with Gasteiger partial charge in [-0.2, -0.15) is 0 Å². The molecule has 2 aliphatic rings. The van der Waals surface area contributed by atoms with Crippen molar-refractivity contribution in [2.24, 2.45) is 5.92 Å². The van der Waals surface area contributed by atoms with E-state index in [1.54, 1.807) is 13.4 Å². The maximum atomic E-state index is 12.7. The highest BCUT2D eigenvalue weighted by Gasteiger charge is 2.31. The van der Waals surface area contributed by atoms with Crippen molar-refractivity contribution in [1.82, 2.24) is 9.80 Å². The Morgan fingerprint density at radius 1 is 1.11 bits per heavy atom. The van der Waals surface area contributed by atoms with Crippen LogP contribution in [0.1, 0.15) is 31.2 Å². The van der Waals surface area contributed by atoms with Gasteiger partial charge in [0.2, 0.25) is 11.8 Å².